The minimum Gasteiger partial charge on any atom is -0.385 e. The van der Waals surface area contributed by atoms with E-state index < -0.39 is 0 Å². The normalized spacial score (nSPS) is 19.6. The number of nitrogens with zero attached hydrogens (tertiary/aromatic N) is 3. The standard InChI is InChI=1S/C16H24N4O/c1-3-17-15-10-12(2)18-11-14(15)16(21)20-8-6-19(7-9-20)13-4-5-13/h10-11,13H,3-9H2,1-2H3,(H,17,18). The van der Waals surface area contributed by atoms with Crippen LogP contribution in [0.2, 0.25) is 0 Å². The molecule has 1 saturated carbocycles. The third-order valence-electron chi connectivity index (χ3n) is 4.30. The second-order valence-corrected chi connectivity index (χ2v) is 5.96. The first-order chi connectivity index (χ1) is 10.2. The van der Waals surface area contributed by atoms with Gasteiger partial charge in [0.1, 0.15) is 0 Å². The van der Waals surface area contributed by atoms with Crippen LogP contribution in [0.1, 0.15) is 35.8 Å². The number of piperazine rings is 1. The fourth-order valence-corrected chi connectivity index (χ4v) is 2.97. The quantitative estimate of drug-likeness (QED) is 0.917. The van der Waals surface area contributed by atoms with E-state index in [4.69, 9.17) is 0 Å². The molecule has 0 radical (unpaired) electrons. The van der Waals surface area contributed by atoms with Gasteiger partial charge in [0.05, 0.1) is 11.3 Å². The number of aromatic nitrogens is 1. The number of pyridine rings is 1. The molecule has 1 aromatic heterocycles. The average Bonchev–Trinajstić information content (AvgIpc) is 3.32. The fourth-order valence-electron chi connectivity index (χ4n) is 2.97. The number of rotatable bonds is 4. The van der Waals surface area contributed by atoms with Crippen LogP contribution in [-0.4, -0.2) is 59.5 Å². The van der Waals surface area contributed by atoms with Crippen molar-refractivity contribution in [2.24, 2.45) is 0 Å². The van der Waals surface area contributed by atoms with Crippen LogP contribution in [0.15, 0.2) is 12.3 Å². The second kappa shape index (κ2) is 6.02. The summed E-state index contributed by atoms with van der Waals surface area (Å²) in [4.78, 5) is 21.5. The molecule has 1 aromatic rings. The van der Waals surface area contributed by atoms with E-state index in [0.29, 0.717) is 5.56 Å². The van der Waals surface area contributed by atoms with Gasteiger partial charge in [0.15, 0.2) is 0 Å². The fraction of sp³-hybridized carbons (Fsp3) is 0.625. The Morgan fingerprint density at radius 1 is 1.33 bits per heavy atom. The van der Waals surface area contributed by atoms with Crippen LogP contribution in [0.3, 0.4) is 0 Å². The number of aryl methyl sites for hydroxylation is 1. The molecule has 114 valence electrons. The lowest BCUT2D eigenvalue weighted by Crippen LogP contribution is -2.49. The average molecular weight is 288 g/mol. The Morgan fingerprint density at radius 2 is 2.05 bits per heavy atom. The van der Waals surface area contributed by atoms with Crippen molar-refractivity contribution < 1.29 is 4.79 Å². The van der Waals surface area contributed by atoms with E-state index in [1.807, 2.05) is 24.8 Å². The molecule has 1 amide bonds. The molecular formula is C16H24N4O. The largest absolute Gasteiger partial charge is 0.385 e. The molecule has 0 bridgehead atoms. The van der Waals surface area contributed by atoms with Gasteiger partial charge < -0.3 is 10.2 Å². The highest BCUT2D eigenvalue weighted by Gasteiger charge is 2.32. The highest BCUT2D eigenvalue weighted by molar-refractivity contribution is 5.99. The van der Waals surface area contributed by atoms with E-state index in [2.05, 4.69) is 15.2 Å². The van der Waals surface area contributed by atoms with Crippen molar-refractivity contribution in [2.45, 2.75) is 32.7 Å². The van der Waals surface area contributed by atoms with Crippen molar-refractivity contribution in [1.29, 1.82) is 0 Å². The molecule has 3 rings (SSSR count). The van der Waals surface area contributed by atoms with Gasteiger partial charge in [0.25, 0.3) is 5.91 Å². The maximum atomic E-state index is 12.7. The van der Waals surface area contributed by atoms with Crippen LogP contribution in [0.4, 0.5) is 5.69 Å². The molecule has 1 aliphatic heterocycles. The van der Waals surface area contributed by atoms with Gasteiger partial charge in [-0.15, -0.1) is 0 Å². The molecule has 2 fully saturated rings. The van der Waals surface area contributed by atoms with E-state index in [0.717, 1.165) is 50.1 Å². The number of carbonyl (C=O) groups excluding carboxylic acids is 1. The lowest BCUT2D eigenvalue weighted by molar-refractivity contribution is 0.0628. The smallest absolute Gasteiger partial charge is 0.257 e. The SMILES string of the molecule is CCNc1cc(C)ncc1C(=O)N1CCN(C2CC2)CC1. The Hall–Kier alpha value is -1.62. The Kier molecular flexibility index (Phi) is 4.10. The van der Waals surface area contributed by atoms with Gasteiger partial charge in [-0.3, -0.25) is 14.7 Å². The zero-order valence-electron chi connectivity index (χ0n) is 12.9. The molecule has 1 aliphatic carbocycles. The van der Waals surface area contributed by atoms with Crippen LogP contribution in [0.5, 0.6) is 0 Å². The summed E-state index contributed by atoms with van der Waals surface area (Å²) in [6, 6.07) is 2.75. The molecule has 0 unspecified atom stereocenters. The lowest BCUT2D eigenvalue weighted by Gasteiger charge is -2.35. The van der Waals surface area contributed by atoms with Crippen LogP contribution >= 0.6 is 0 Å². The first kappa shape index (κ1) is 14.3. The molecular weight excluding hydrogens is 264 g/mol. The predicted octanol–water partition coefficient (Wildman–Crippen LogP) is 1.74. The molecule has 5 heteroatoms. The maximum absolute atomic E-state index is 12.7. The molecule has 2 heterocycles. The minimum atomic E-state index is 0.105. The Labute approximate surface area is 126 Å². The van der Waals surface area contributed by atoms with Crippen molar-refractivity contribution in [2.75, 3.05) is 38.0 Å². The Morgan fingerprint density at radius 3 is 2.67 bits per heavy atom. The lowest BCUT2D eigenvalue weighted by atomic mass is 10.1. The first-order valence-electron chi connectivity index (χ1n) is 7.93. The van der Waals surface area contributed by atoms with Crippen molar-refractivity contribution in [1.82, 2.24) is 14.8 Å². The van der Waals surface area contributed by atoms with Crippen LogP contribution in [0, 0.1) is 6.92 Å². The summed E-state index contributed by atoms with van der Waals surface area (Å²) in [7, 11) is 0. The number of hydrogen-bond acceptors (Lipinski definition) is 4. The van der Waals surface area contributed by atoms with Gasteiger partial charge in [-0.2, -0.15) is 0 Å². The van der Waals surface area contributed by atoms with E-state index in [1.165, 1.54) is 12.8 Å². The summed E-state index contributed by atoms with van der Waals surface area (Å²) in [6.45, 7) is 8.46. The van der Waals surface area contributed by atoms with Crippen molar-refractivity contribution in [3.05, 3.63) is 23.5 Å². The van der Waals surface area contributed by atoms with Gasteiger partial charge in [-0.25, -0.2) is 0 Å². The topological polar surface area (TPSA) is 48.5 Å². The van der Waals surface area contributed by atoms with E-state index in [1.54, 1.807) is 6.20 Å². The summed E-state index contributed by atoms with van der Waals surface area (Å²) < 4.78 is 0. The van der Waals surface area contributed by atoms with Gasteiger partial charge >= 0.3 is 0 Å². The number of hydrogen-bond donors (Lipinski definition) is 1. The monoisotopic (exact) mass is 288 g/mol. The van der Waals surface area contributed by atoms with Gasteiger partial charge in [-0.1, -0.05) is 0 Å². The Bertz CT molecular complexity index is 519. The summed E-state index contributed by atoms with van der Waals surface area (Å²) in [5.41, 5.74) is 2.53. The molecule has 21 heavy (non-hydrogen) atoms. The van der Waals surface area contributed by atoms with Gasteiger partial charge in [0.2, 0.25) is 0 Å². The van der Waals surface area contributed by atoms with Crippen LogP contribution in [-0.2, 0) is 0 Å². The summed E-state index contributed by atoms with van der Waals surface area (Å²) >= 11 is 0. The molecule has 2 aliphatic rings. The molecule has 1 N–H and O–H groups in total. The molecule has 0 atom stereocenters. The highest BCUT2D eigenvalue weighted by Crippen LogP contribution is 2.28. The number of amides is 1. The Balaban J connectivity index is 1.70. The summed E-state index contributed by atoms with van der Waals surface area (Å²) in [5.74, 6) is 0.105. The van der Waals surface area contributed by atoms with Gasteiger partial charge in [0, 0.05) is 50.7 Å². The molecule has 0 spiro atoms. The van der Waals surface area contributed by atoms with E-state index >= 15 is 0 Å². The van der Waals surface area contributed by atoms with Gasteiger partial charge in [-0.05, 0) is 32.8 Å². The third-order valence-corrected chi connectivity index (χ3v) is 4.30. The second-order valence-electron chi connectivity index (χ2n) is 5.96. The van der Waals surface area contributed by atoms with E-state index in [-0.39, 0.29) is 5.91 Å². The number of carbonyl (C=O) groups is 1. The van der Waals surface area contributed by atoms with Crippen molar-refractivity contribution >= 4 is 11.6 Å². The van der Waals surface area contributed by atoms with Crippen LogP contribution < -0.4 is 5.32 Å². The van der Waals surface area contributed by atoms with Crippen molar-refractivity contribution in [3.8, 4) is 0 Å². The molecule has 0 aromatic carbocycles. The number of anilines is 1. The summed E-state index contributed by atoms with van der Waals surface area (Å²) in [5, 5.41) is 3.28. The zero-order valence-corrected chi connectivity index (χ0v) is 12.9. The van der Waals surface area contributed by atoms with Crippen LogP contribution in [0.25, 0.3) is 0 Å². The molecule has 1 saturated heterocycles. The maximum Gasteiger partial charge on any atom is 0.257 e. The first-order valence-corrected chi connectivity index (χ1v) is 7.93. The number of nitrogens with one attached hydrogen (secondary N) is 1. The van der Waals surface area contributed by atoms with E-state index in [9.17, 15) is 4.79 Å². The molecule has 5 nitrogen and oxygen atoms in total. The highest BCUT2D eigenvalue weighted by atomic mass is 16.2. The third kappa shape index (κ3) is 3.18. The zero-order chi connectivity index (χ0) is 14.8. The minimum absolute atomic E-state index is 0.105. The predicted molar refractivity (Wildman–Crippen MR) is 83.6 cm³/mol. The summed E-state index contributed by atoms with van der Waals surface area (Å²) in [6.07, 6.45) is 4.38. The van der Waals surface area contributed by atoms with Crippen molar-refractivity contribution in [3.63, 3.8) is 0 Å².